The minimum atomic E-state index is -4.05. The van der Waals surface area contributed by atoms with Crippen LogP contribution in [0.15, 0.2) is 77.7 Å². The lowest BCUT2D eigenvalue weighted by molar-refractivity contribution is -0.128. The van der Waals surface area contributed by atoms with E-state index in [9.17, 15) is 18.0 Å². The third-order valence-corrected chi connectivity index (χ3v) is 8.05. The number of hydrogen-bond donors (Lipinski definition) is 1. The molecule has 1 heterocycles. The van der Waals surface area contributed by atoms with Crippen LogP contribution in [0.4, 0.5) is 5.69 Å². The smallest absolute Gasteiger partial charge is 0.264 e. The number of aryl methyl sites for hydroxylation is 1. The first kappa shape index (κ1) is 26.2. The van der Waals surface area contributed by atoms with Crippen LogP contribution < -0.4 is 14.4 Å². The zero-order chi connectivity index (χ0) is 26.4. The highest BCUT2D eigenvalue weighted by Crippen LogP contribution is 2.32. The van der Waals surface area contributed by atoms with Crippen LogP contribution in [-0.4, -0.2) is 45.3 Å². The van der Waals surface area contributed by atoms with Crippen LogP contribution in [0.3, 0.4) is 0 Å². The summed E-state index contributed by atoms with van der Waals surface area (Å²) in [5, 5.41) is 2.83. The SMILES string of the molecule is COc1ccccc1N(CC(=O)NCc1cccc(CN2CCCC2=O)c1)S(=O)(=O)c1ccc(C)cc1. The number of hydrogen-bond acceptors (Lipinski definition) is 5. The predicted molar refractivity (Wildman–Crippen MR) is 142 cm³/mol. The summed E-state index contributed by atoms with van der Waals surface area (Å²) >= 11 is 0. The van der Waals surface area contributed by atoms with Crippen molar-refractivity contribution in [2.45, 2.75) is 37.8 Å². The van der Waals surface area contributed by atoms with Gasteiger partial charge in [-0.2, -0.15) is 0 Å². The van der Waals surface area contributed by atoms with E-state index in [1.165, 1.54) is 19.2 Å². The molecule has 1 aliphatic rings. The molecule has 3 aromatic carbocycles. The van der Waals surface area contributed by atoms with Gasteiger partial charge in [0.2, 0.25) is 11.8 Å². The molecule has 0 atom stereocenters. The lowest BCUT2D eigenvalue weighted by atomic mass is 10.1. The van der Waals surface area contributed by atoms with Gasteiger partial charge in [0.05, 0.1) is 17.7 Å². The second kappa shape index (κ2) is 11.5. The maximum absolute atomic E-state index is 13.6. The lowest BCUT2D eigenvalue weighted by Gasteiger charge is -2.25. The fourth-order valence-corrected chi connectivity index (χ4v) is 5.72. The number of methoxy groups -OCH3 is 1. The fraction of sp³-hybridized carbons (Fsp3) is 0.286. The molecular formula is C28H31N3O5S. The summed E-state index contributed by atoms with van der Waals surface area (Å²) in [5.41, 5.74) is 3.05. The number of anilines is 1. The highest BCUT2D eigenvalue weighted by atomic mass is 32.2. The molecule has 1 saturated heterocycles. The Bertz CT molecular complexity index is 1370. The lowest BCUT2D eigenvalue weighted by Crippen LogP contribution is -2.40. The van der Waals surface area contributed by atoms with E-state index in [-0.39, 0.29) is 23.0 Å². The van der Waals surface area contributed by atoms with E-state index in [1.807, 2.05) is 36.1 Å². The van der Waals surface area contributed by atoms with E-state index >= 15 is 0 Å². The highest BCUT2D eigenvalue weighted by molar-refractivity contribution is 7.92. The number of sulfonamides is 1. The van der Waals surface area contributed by atoms with E-state index in [1.54, 1.807) is 36.4 Å². The van der Waals surface area contributed by atoms with Crippen molar-refractivity contribution >= 4 is 27.5 Å². The molecule has 194 valence electrons. The monoisotopic (exact) mass is 521 g/mol. The van der Waals surface area contributed by atoms with Gasteiger partial charge in [0.1, 0.15) is 12.3 Å². The van der Waals surface area contributed by atoms with Crippen LogP contribution in [0.5, 0.6) is 5.75 Å². The van der Waals surface area contributed by atoms with Crippen LogP contribution in [0, 0.1) is 6.92 Å². The maximum atomic E-state index is 13.6. The quantitative estimate of drug-likeness (QED) is 0.440. The molecule has 1 fully saturated rings. The van der Waals surface area contributed by atoms with Crippen LogP contribution >= 0.6 is 0 Å². The molecule has 0 unspecified atom stereocenters. The Balaban J connectivity index is 1.51. The number of nitrogens with one attached hydrogen (secondary N) is 1. The van der Waals surface area contributed by atoms with Crippen molar-refractivity contribution < 1.29 is 22.7 Å². The maximum Gasteiger partial charge on any atom is 0.264 e. The van der Waals surface area contributed by atoms with Gasteiger partial charge >= 0.3 is 0 Å². The summed E-state index contributed by atoms with van der Waals surface area (Å²) < 4.78 is 33.7. The van der Waals surface area contributed by atoms with E-state index in [2.05, 4.69) is 5.32 Å². The van der Waals surface area contributed by atoms with Crippen LogP contribution in [0.2, 0.25) is 0 Å². The standard InChI is InChI=1S/C28H31N3O5S/c1-21-12-14-24(15-13-21)37(34,35)31(25-9-3-4-10-26(25)36-2)20-27(32)29-18-22-7-5-8-23(17-22)19-30-16-6-11-28(30)33/h3-5,7-10,12-15,17H,6,11,16,18-20H2,1-2H3,(H,29,32). The fourth-order valence-electron chi connectivity index (χ4n) is 4.29. The topological polar surface area (TPSA) is 96.0 Å². The Hall–Kier alpha value is -3.85. The second-order valence-electron chi connectivity index (χ2n) is 9.01. The largest absolute Gasteiger partial charge is 0.495 e. The number of carbonyl (C=O) groups is 2. The molecule has 0 bridgehead atoms. The number of nitrogens with zero attached hydrogens (tertiary/aromatic N) is 2. The second-order valence-corrected chi connectivity index (χ2v) is 10.9. The first-order chi connectivity index (χ1) is 17.8. The van der Waals surface area contributed by atoms with Crippen molar-refractivity contribution in [1.29, 1.82) is 0 Å². The third-order valence-electron chi connectivity index (χ3n) is 6.28. The summed E-state index contributed by atoms with van der Waals surface area (Å²) in [6, 6.07) is 20.9. The number of ether oxygens (including phenoxy) is 1. The average Bonchev–Trinajstić information content (AvgIpc) is 3.30. The number of benzene rings is 3. The summed E-state index contributed by atoms with van der Waals surface area (Å²) in [6.45, 7) is 2.98. The molecule has 0 aliphatic carbocycles. The molecule has 37 heavy (non-hydrogen) atoms. The zero-order valence-electron chi connectivity index (χ0n) is 21.0. The number of para-hydroxylation sites is 2. The van der Waals surface area contributed by atoms with Gasteiger partial charge in [0.15, 0.2) is 0 Å². The Morgan fingerprint density at radius 1 is 1.03 bits per heavy atom. The van der Waals surface area contributed by atoms with Crippen molar-refractivity contribution in [3.8, 4) is 5.75 Å². The van der Waals surface area contributed by atoms with Crippen LogP contribution in [-0.2, 0) is 32.7 Å². The number of rotatable bonds is 10. The molecule has 0 radical (unpaired) electrons. The Labute approximate surface area is 217 Å². The molecular weight excluding hydrogens is 490 g/mol. The molecule has 4 rings (SSSR count). The molecule has 0 spiro atoms. The van der Waals surface area contributed by atoms with E-state index in [0.717, 1.165) is 34.0 Å². The van der Waals surface area contributed by atoms with Gasteiger partial charge in [-0.05, 0) is 48.7 Å². The third kappa shape index (κ3) is 6.29. The first-order valence-electron chi connectivity index (χ1n) is 12.1. The van der Waals surface area contributed by atoms with Gasteiger partial charge < -0.3 is 15.0 Å². The summed E-state index contributed by atoms with van der Waals surface area (Å²) in [7, 11) is -2.60. The minimum absolute atomic E-state index is 0.0842. The van der Waals surface area contributed by atoms with Crippen LogP contribution in [0.1, 0.15) is 29.5 Å². The summed E-state index contributed by atoms with van der Waals surface area (Å²) in [5.74, 6) is 0.0433. The van der Waals surface area contributed by atoms with Crippen molar-refractivity contribution in [3.05, 3.63) is 89.5 Å². The van der Waals surface area contributed by atoms with E-state index in [0.29, 0.717) is 18.7 Å². The van der Waals surface area contributed by atoms with Crippen LogP contribution in [0.25, 0.3) is 0 Å². The summed E-state index contributed by atoms with van der Waals surface area (Å²) in [6.07, 6.45) is 1.47. The van der Waals surface area contributed by atoms with Gasteiger partial charge in [0, 0.05) is 26.1 Å². The van der Waals surface area contributed by atoms with Gasteiger partial charge in [-0.25, -0.2) is 8.42 Å². The number of likely N-dealkylation sites (tertiary alicyclic amines) is 1. The van der Waals surface area contributed by atoms with Gasteiger partial charge in [-0.3, -0.25) is 13.9 Å². The normalized spacial score (nSPS) is 13.5. The molecule has 0 aromatic heterocycles. The van der Waals surface area contributed by atoms with Gasteiger partial charge in [0.25, 0.3) is 10.0 Å². The molecule has 1 N–H and O–H groups in total. The summed E-state index contributed by atoms with van der Waals surface area (Å²) in [4.78, 5) is 26.9. The molecule has 9 heteroatoms. The average molecular weight is 522 g/mol. The van der Waals surface area contributed by atoms with E-state index in [4.69, 9.17) is 4.74 Å². The Morgan fingerprint density at radius 3 is 2.46 bits per heavy atom. The molecule has 2 amide bonds. The molecule has 8 nitrogen and oxygen atoms in total. The Kier molecular flexibility index (Phi) is 8.13. The van der Waals surface area contributed by atoms with E-state index < -0.39 is 22.5 Å². The predicted octanol–water partition coefficient (Wildman–Crippen LogP) is 3.64. The minimum Gasteiger partial charge on any atom is -0.495 e. The van der Waals surface area contributed by atoms with Crippen molar-refractivity contribution in [3.63, 3.8) is 0 Å². The van der Waals surface area contributed by atoms with Gasteiger partial charge in [-0.15, -0.1) is 0 Å². The molecule has 1 aliphatic heterocycles. The van der Waals surface area contributed by atoms with Crippen molar-refractivity contribution in [1.82, 2.24) is 10.2 Å². The molecule has 0 saturated carbocycles. The zero-order valence-corrected chi connectivity index (χ0v) is 21.8. The van der Waals surface area contributed by atoms with Crippen molar-refractivity contribution in [2.24, 2.45) is 0 Å². The first-order valence-corrected chi connectivity index (χ1v) is 13.6. The molecule has 3 aromatic rings. The number of amides is 2. The Morgan fingerprint density at radius 2 is 1.76 bits per heavy atom. The van der Waals surface area contributed by atoms with Gasteiger partial charge in [-0.1, -0.05) is 54.1 Å². The van der Waals surface area contributed by atoms with Crippen molar-refractivity contribution in [2.75, 3.05) is 24.5 Å². The highest BCUT2D eigenvalue weighted by Gasteiger charge is 2.29. The number of carbonyl (C=O) groups excluding carboxylic acids is 2.